The second-order valence-corrected chi connectivity index (χ2v) is 8.35. The number of carboxylic acid groups (broad SMARTS) is 2. The number of thioether (sulfide) groups is 1. The molecule has 178 valence electrons. The van der Waals surface area contributed by atoms with E-state index in [0.29, 0.717) is 12.2 Å². The van der Waals surface area contributed by atoms with Crippen molar-refractivity contribution in [3.8, 4) is 0 Å². The van der Waals surface area contributed by atoms with E-state index in [1.165, 1.54) is 11.8 Å². The molecule has 0 aliphatic rings. The van der Waals surface area contributed by atoms with Crippen molar-refractivity contribution in [3.63, 3.8) is 0 Å². The first-order chi connectivity index (χ1) is 14.5. The first-order valence-corrected chi connectivity index (χ1v) is 11.7. The highest BCUT2D eigenvalue weighted by molar-refractivity contribution is 7.98. The number of nitrogens with two attached hydrogens (primary N) is 1. The van der Waals surface area contributed by atoms with Gasteiger partial charge in [-0.3, -0.25) is 19.2 Å². The molecule has 0 saturated carbocycles. The molecule has 7 N–H and O–H groups in total. The van der Waals surface area contributed by atoms with Crippen LogP contribution in [0.1, 0.15) is 33.1 Å². The highest BCUT2D eigenvalue weighted by atomic mass is 32.2. The fourth-order valence-corrected chi connectivity index (χ4v) is 3.12. The van der Waals surface area contributed by atoms with Crippen LogP contribution in [0.4, 0.5) is 0 Å². The maximum Gasteiger partial charge on any atom is 0.327 e. The summed E-state index contributed by atoms with van der Waals surface area (Å²) >= 11 is 5.26. The summed E-state index contributed by atoms with van der Waals surface area (Å²) < 4.78 is 0. The van der Waals surface area contributed by atoms with Crippen molar-refractivity contribution in [2.24, 2.45) is 11.7 Å². The van der Waals surface area contributed by atoms with Crippen LogP contribution >= 0.6 is 24.4 Å². The average Bonchev–Trinajstić information content (AvgIpc) is 2.71. The highest BCUT2D eigenvalue weighted by Gasteiger charge is 2.31. The third kappa shape index (κ3) is 10.7. The summed E-state index contributed by atoms with van der Waals surface area (Å²) in [5.74, 6) is -4.85. The predicted molar refractivity (Wildman–Crippen MR) is 120 cm³/mol. The van der Waals surface area contributed by atoms with Crippen LogP contribution in [0.5, 0.6) is 0 Å². The molecule has 0 rings (SSSR count). The molecule has 5 unspecified atom stereocenters. The third-order valence-electron chi connectivity index (χ3n) is 4.61. The molecule has 3 amide bonds. The van der Waals surface area contributed by atoms with E-state index in [-0.39, 0.29) is 18.1 Å². The number of amides is 3. The normalized spacial score (nSPS) is 15.6. The molecule has 0 aliphatic carbocycles. The number of hydrogen-bond acceptors (Lipinski definition) is 8. The van der Waals surface area contributed by atoms with E-state index in [4.69, 9.17) is 15.9 Å². The van der Waals surface area contributed by atoms with Crippen LogP contribution in [-0.4, -0.2) is 81.8 Å². The van der Waals surface area contributed by atoms with E-state index in [0.717, 1.165) is 0 Å². The topological polar surface area (TPSA) is 188 Å². The Hall–Kier alpha value is -1.99. The molecule has 0 radical (unpaired) electrons. The second kappa shape index (κ2) is 14.9. The highest BCUT2D eigenvalue weighted by Crippen LogP contribution is 2.08. The fourth-order valence-electron chi connectivity index (χ4n) is 2.40. The van der Waals surface area contributed by atoms with E-state index in [1.54, 1.807) is 6.92 Å². The second-order valence-electron chi connectivity index (χ2n) is 6.99. The first kappa shape index (κ1) is 29.0. The number of thiol groups is 1. The Balaban J connectivity index is 5.42. The Morgan fingerprint density at radius 3 is 1.94 bits per heavy atom. The summed E-state index contributed by atoms with van der Waals surface area (Å²) in [5.41, 5.74) is 5.91. The molecule has 5 atom stereocenters. The van der Waals surface area contributed by atoms with Gasteiger partial charge in [-0.1, -0.05) is 20.3 Å². The number of aliphatic carboxylic acids is 2. The molecule has 0 aromatic rings. The first-order valence-electron chi connectivity index (χ1n) is 9.69. The van der Waals surface area contributed by atoms with E-state index in [9.17, 15) is 24.0 Å². The van der Waals surface area contributed by atoms with Crippen LogP contribution in [0.2, 0.25) is 0 Å². The zero-order chi connectivity index (χ0) is 24.1. The molecule has 0 saturated heterocycles. The zero-order valence-electron chi connectivity index (χ0n) is 17.8. The Bertz CT molecular complexity index is 650. The lowest BCUT2D eigenvalue weighted by Crippen LogP contribution is -2.58. The van der Waals surface area contributed by atoms with Gasteiger partial charge in [-0.2, -0.15) is 24.4 Å². The molecule has 0 fully saturated rings. The van der Waals surface area contributed by atoms with Gasteiger partial charge in [0.2, 0.25) is 17.7 Å². The van der Waals surface area contributed by atoms with Gasteiger partial charge in [-0.15, -0.1) is 0 Å². The smallest absolute Gasteiger partial charge is 0.327 e. The fraction of sp³-hybridized carbons (Fsp3) is 0.722. The molecule has 13 heteroatoms. The van der Waals surface area contributed by atoms with Gasteiger partial charge in [0.25, 0.3) is 0 Å². The molecule has 11 nitrogen and oxygen atoms in total. The van der Waals surface area contributed by atoms with E-state index < -0.39 is 60.2 Å². The van der Waals surface area contributed by atoms with Crippen LogP contribution in [0.3, 0.4) is 0 Å². The lowest BCUT2D eigenvalue weighted by Gasteiger charge is -2.25. The van der Waals surface area contributed by atoms with Gasteiger partial charge in [0.1, 0.15) is 18.1 Å². The standard InChI is InChI=1S/C18H32N4O7S2/c1-4-9(2)14(19)17(27)20-10(5-6-31-3)15(25)21-11(7-13(23)24)16(26)22-12(8-30)18(28)29/h9-12,14,30H,4-8,19H2,1-3H3,(H,20,27)(H,21,25)(H,22,26)(H,23,24)(H,28,29). The van der Waals surface area contributed by atoms with Crippen molar-refractivity contribution < 1.29 is 34.2 Å². The van der Waals surface area contributed by atoms with Crippen LogP contribution in [-0.2, 0) is 24.0 Å². The predicted octanol–water partition coefficient (Wildman–Crippen LogP) is -0.944. The minimum absolute atomic E-state index is 0.121. The summed E-state index contributed by atoms with van der Waals surface area (Å²) in [7, 11) is 0. The van der Waals surface area contributed by atoms with Crippen molar-refractivity contribution in [1.29, 1.82) is 0 Å². The number of nitrogens with one attached hydrogen (secondary N) is 3. The number of carbonyl (C=O) groups is 5. The molecule has 0 bridgehead atoms. The van der Waals surface area contributed by atoms with Gasteiger partial charge in [-0.25, -0.2) is 4.79 Å². The van der Waals surface area contributed by atoms with Gasteiger partial charge in [0, 0.05) is 5.75 Å². The minimum atomic E-state index is -1.54. The Morgan fingerprint density at radius 1 is 0.968 bits per heavy atom. The molecule has 0 heterocycles. The van der Waals surface area contributed by atoms with Gasteiger partial charge in [-0.05, 0) is 24.3 Å². The molecular weight excluding hydrogens is 448 g/mol. The largest absolute Gasteiger partial charge is 0.481 e. The van der Waals surface area contributed by atoms with E-state index in [2.05, 4.69) is 28.6 Å². The molecular formula is C18H32N4O7S2. The van der Waals surface area contributed by atoms with Crippen molar-refractivity contribution in [3.05, 3.63) is 0 Å². The zero-order valence-corrected chi connectivity index (χ0v) is 19.5. The minimum Gasteiger partial charge on any atom is -0.481 e. The SMILES string of the molecule is CCC(C)C(N)C(=O)NC(CCSC)C(=O)NC(CC(=O)O)C(=O)NC(CS)C(=O)O. The molecule has 0 aromatic carbocycles. The van der Waals surface area contributed by atoms with Crippen molar-refractivity contribution >= 4 is 54.1 Å². The van der Waals surface area contributed by atoms with Crippen LogP contribution in [0.15, 0.2) is 0 Å². The number of hydrogen-bond donors (Lipinski definition) is 7. The van der Waals surface area contributed by atoms with Crippen LogP contribution in [0.25, 0.3) is 0 Å². The van der Waals surface area contributed by atoms with Crippen molar-refractivity contribution in [1.82, 2.24) is 16.0 Å². The lowest BCUT2D eigenvalue weighted by molar-refractivity contribution is -0.143. The Kier molecular flexibility index (Phi) is 14.0. The summed E-state index contributed by atoms with van der Waals surface area (Å²) in [6.07, 6.45) is 1.92. The van der Waals surface area contributed by atoms with Gasteiger partial charge in [0.05, 0.1) is 12.5 Å². The number of carboxylic acids is 2. The van der Waals surface area contributed by atoms with Crippen molar-refractivity contribution in [2.45, 2.75) is 57.3 Å². The molecule has 31 heavy (non-hydrogen) atoms. The monoisotopic (exact) mass is 480 g/mol. The Labute approximate surface area is 191 Å². The summed E-state index contributed by atoms with van der Waals surface area (Å²) in [4.78, 5) is 59.8. The number of carbonyl (C=O) groups excluding carboxylic acids is 3. The third-order valence-corrected chi connectivity index (χ3v) is 5.62. The average molecular weight is 481 g/mol. The van der Waals surface area contributed by atoms with Crippen LogP contribution < -0.4 is 21.7 Å². The lowest BCUT2D eigenvalue weighted by atomic mass is 9.99. The van der Waals surface area contributed by atoms with Gasteiger partial charge in [0.15, 0.2) is 0 Å². The van der Waals surface area contributed by atoms with E-state index >= 15 is 0 Å². The maximum atomic E-state index is 12.8. The molecule has 0 aromatic heterocycles. The van der Waals surface area contributed by atoms with Gasteiger partial charge < -0.3 is 31.9 Å². The van der Waals surface area contributed by atoms with Crippen LogP contribution in [0, 0.1) is 5.92 Å². The number of rotatable bonds is 15. The summed E-state index contributed by atoms with van der Waals surface area (Å²) in [6, 6.07) is -4.77. The molecule has 0 aliphatic heterocycles. The van der Waals surface area contributed by atoms with Crippen molar-refractivity contribution in [2.75, 3.05) is 17.8 Å². The summed E-state index contributed by atoms with van der Waals surface area (Å²) in [6.45, 7) is 3.68. The summed E-state index contributed by atoms with van der Waals surface area (Å²) in [5, 5.41) is 25.1. The quantitative estimate of drug-likeness (QED) is 0.145. The maximum absolute atomic E-state index is 12.8. The van der Waals surface area contributed by atoms with E-state index in [1.807, 2.05) is 13.2 Å². The molecule has 0 spiro atoms. The Morgan fingerprint density at radius 2 is 1.48 bits per heavy atom. The van der Waals surface area contributed by atoms with Gasteiger partial charge >= 0.3 is 11.9 Å².